The lowest BCUT2D eigenvalue weighted by molar-refractivity contribution is -0.130. The van der Waals surface area contributed by atoms with Crippen LogP contribution in [0.25, 0.3) is 11.3 Å². The molecule has 0 N–H and O–H groups in total. The predicted octanol–water partition coefficient (Wildman–Crippen LogP) is 5.23. The Labute approximate surface area is 156 Å². The van der Waals surface area contributed by atoms with Gasteiger partial charge in [-0.3, -0.25) is 4.79 Å². The van der Waals surface area contributed by atoms with E-state index in [0.29, 0.717) is 39.5 Å². The van der Waals surface area contributed by atoms with E-state index < -0.39 is 0 Å². The molecule has 2 fully saturated rings. The van der Waals surface area contributed by atoms with Gasteiger partial charge in [-0.15, -0.1) is 0 Å². The molecule has 0 radical (unpaired) electrons. The van der Waals surface area contributed by atoms with Crippen molar-refractivity contribution in [1.82, 2.24) is 5.16 Å². The monoisotopic (exact) mass is 379 g/mol. The standard InChI is InChI=1S/C19H19Cl2NO3/c1-10-14(9-24-13-7-11-5-6-12(8-13)19(11)23)18(22-25-10)17-15(20)3-2-4-16(17)21/h2-4,11-13H,5-9H2,1H3/t11-,12+,13-. The average Bonchev–Trinajstić information content (AvgIpc) is 3.01. The SMILES string of the molecule is Cc1onc(-c2c(Cl)cccc2Cl)c1CO[C@@H]1C[C@H]2CC[C@@H](C1)C2=O. The lowest BCUT2D eigenvalue weighted by Crippen LogP contribution is -2.30. The zero-order valence-corrected chi connectivity index (χ0v) is 15.4. The number of carbonyl (C=O) groups is 1. The smallest absolute Gasteiger partial charge is 0.139 e. The Morgan fingerprint density at radius 1 is 1.20 bits per heavy atom. The van der Waals surface area contributed by atoms with Crippen molar-refractivity contribution in [2.45, 2.75) is 45.3 Å². The lowest BCUT2D eigenvalue weighted by Gasteiger charge is -2.26. The van der Waals surface area contributed by atoms with Crippen LogP contribution in [-0.2, 0) is 16.1 Å². The van der Waals surface area contributed by atoms with E-state index in [9.17, 15) is 4.79 Å². The van der Waals surface area contributed by atoms with Crippen LogP contribution in [0.2, 0.25) is 10.0 Å². The molecule has 1 heterocycles. The van der Waals surface area contributed by atoms with Gasteiger partial charge in [0.25, 0.3) is 0 Å². The second kappa shape index (κ2) is 6.75. The van der Waals surface area contributed by atoms with E-state index in [4.69, 9.17) is 32.5 Å². The van der Waals surface area contributed by atoms with E-state index >= 15 is 0 Å². The molecular weight excluding hydrogens is 361 g/mol. The van der Waals surface area contributed by atoms with Crippen LogP contribution in [0.15, 0.2) is 22.7 Å². The topological polar surface area (TPSA) is 52.3 Å². The van der Waals surface area contributed by atoms with Gasteiger partial charge >= 0.3 is 0 Å². The first kappa shape index (κ1) is 17.1. The highest BCUT2D eigenvalue weighted by Gasteiger charge is 2.41. The number of halogens is 2. The maximum Gasteiger partial charge on any atom is 0.139 e. The Morgan fingerprint density at radius 3 is 2.48 bits per heavy atom. The van der Waals surface area contributed by atoms with Crippen LogP contribution in [0, 0.1) is 18.8 Å². The van der Waals surface area contributed by atoms with Crippen LogP contribution in [0.5, 0.6) is 0 Å². The van der Waals surface area contributed by atoms with Gasteiger partial charge in [-0.25, -0.2) is 0 Å². The molecule has 2 bridgehead atoms. The van der Waals surface area contributed by atoms with Gasteiger partial charge in [0.2, 0.25) is 0 Å². The van der Waals surface area contributed by atoms with Crippen LogP contribution in [0.3, 0.4) is 0 Å². The molecule has 1 aromatic heterocycles. The minimum Gasteiger partial charge on any atom is -0.373 e. The molecule has 2 saturated carbocycles. The fraction of sp³-hybridized carbons (Fsp3) is 0.474. The Hall–Kier alpha value is -1.36. The van der Waals surface area contributed by atoms with Gasteiger partial charge in [0.15, 0.2) is 0 Å². The van der Waals surface area contributed by atoms with Gasteiger partial charge in [0, 0.05) is 23.0 Å². The molecule has 2 aliphatic rings. The molecule has 4 rings (SSSR count). The van der Waals surface area contributed by atoms with E-state index in [1.165, 1.54) is 0 Å². The van der Waals surface area contributed by atoms with E-state index in [0.717, 1.165) is 31.2 Å². The molecule has 6 heteroatoms. The van der Waals surface area contributed by atoms with Crippen LogP contribution >= 0.6 is 23.2 Å². The molecule has 0 amide bonds. The number of aromatic nitrogens is 1. The van der Waals surface area contributed by atoms with Gasteiger partial charge in [-0.05, 0) is 44.7 Å². The van der Waals surface area contributed by atoms with Crippen LogP contribution in [0.4, 0.5) is 0 Å². The van der Waals surface area contributed by atoms with Gasteiger partial charge in [-0.2, -0.15) is 0 Å². The van der Waals surface area contributed by atoms with Gasteiger partial charge in [0.05, 0.1) is 22.8 Å². The minimum atomic E-state index is 0.110. The Balaban J connectivity index is 1.54. The third-order valence-corrected chi connectivity index (χ3v) is 6.04. The second-order valence-electron chi connectivity index (χ2n) is 6.94. The number of rotatable bonds is 4. The third-order valence-electron chi connectivity index (χ3n) is 5.41. The molecule has 0 aliphatic heterocycles. The van der Waals surface area contributed by atoms with Crippen molar-refractivity contribution in [3.63, 3.8) is 0 Å². The molecule has 2 aromatic rings. The van der Waals surface area contributed by atoms with Crippen molar-refractivity contribution in [3.8, 4) is 11.3 Å². The summed E-state index contributed by atoms with van der Waals surface area (Å²) >= 11 is 12.6. The molecule has 1 aromatic carbocycles. The second-order valence-corrected chi connectivity index (χ2v) is 7.75. The van der Waals surface area contributed by atoms with Crippen molar-refractivity contribution in [3.05, 3.63) is 39.6 Å². The largest absolute Gasteiger partial charge is 0.373 e. The van der Waals surface area contributed by atoms with Crippen LogP contribution < -0.4 is 0 Å². The number of ketones is 1. The number of fused-ring (bicyclic) bond motifs is 2. The first-order chi connectivity index (χ1) is 12.0. The predicted molar refractivity (Wildman–Crippen MR) is 95.7 cm³/mol. The highest BCUT2D eigenvalue weighted by atomic mass is 35.5. The summed E-state index contributed by atoms with van der Waals surface area (Å²) in [5, 5.41) is 5.21. The average molecular weight is 380 g/mol. The Bertz CT molecular complexity index is 781. The molecule has 2 aliphatic carbocycles. The minimum absolute atomic E-state index is 0.110. The van der Waals surface area contributed by atoms with E-state index in [1.54, 1.807) is 18.2 Å². The Morgan fingerprint density at radius 2 is 1.84 bits per heavy atom. The van der Waals surface area contributed by atoms with Crippen molar-refractivity contribution in [2.24, 2.45) is 11.8 Å². The Kier molecular flexibility index (Phi) is 4.61. The van der Waals surface area contributed by atoms with Gasteiger partial charge in [-0.1, -0.05) is 34.4 Å². The molecule has 3 atom stereocenters. The number of hydrogen-bond acceptors (Lipinski definition) is 4. The van der Waals surface area contributed by atoms with Gasteiger partial charge in [0.1, 0.15) is 17.2 Å². The molecule has 0 spiro atoms. The van der Waals surface area contributed by atoms with Crippen LogP contribution in [0.1, 0.15) is 37.0 Å². The molecule has 132 valence electrons. The summed E-state index contributed by atoms with van der Waals surface area (Å²) < 4.78 is 11.5. The molecule has 25 heavy (non-hydrogen) atoms. The number of Topliss-reactive ketones (excluding diaryl/α,β-unsaturated/α-hetero) is 1. The quantitative estimate of drug-likeness (QED) is 0.729. The third kappa shape index (κ3) is 3.12. The molecule has 0 saturated heterocycles. The van der Waals surface area contributed by atoms with E-state index in [2.05, 4.69) is 5.16 Å². The lowest BCUT2D eigenvalue weighted by atomic mass is 9.86. The summed E-state index contributed by atoms with van der Waals surface area (Å²) in [7, 11) is 0. The summed E-state index contributed by atoms with van der Waals surface area (Å²) in [6, 6.07) is 5.36. The molecule has 0 unspecified atom stereocenters. The number of nitrogens with zero attached hydrogens (tertiary/aromatic N) is 1. The van der Waals surface area contributed by atoms with Crippen molar-refractivity contribution < 1.29 is 14.1 Å². The molecular formula is C19H19Cl2NO3. The summed E-state index contributed by atoms with van der Waals surface area (Å²) in [6.45, 7) is 2.23. The van der Waals surface area contributed by atoms with E-state index in [-0.39, 0.29) is 17.9 Å². The number of aryl methyl sites for hydroxylation is 1. The highest BCUT2D eigenvalue weighted by molar-refractivity contribution is 6.39. The fourth-order valence-electron chi connectivity index (χ4n) is 4.04. The summed E-state index contributed by atoms with van der Waals surface area (Å²) in [6.07, 6.45) is 3.77. The number of benzene rings is 1. The molecule has 4 nitrogen and oxygen atoms in total. The van der Waals surface area contributed by atoms with Gasteiger partial charge < -0.3 is 9.26 Å². The number of hydrogen-bond donors (Lipinski definition) is 0. The summed E-state index contributed by atoms with van der Waals surface area (Å²) in [5.74, 6) is 1.50. The van der Waals surface area contributed by atoms with E-state index in [1.807, 2.05) is 6.92 Å². The zero-order valence-electron chi connectivity index (χ0n) is 13.9. The van der Waals surface area contributed by atoms with Crippen LogP contribution in [-0.4, -0.2) is 17.0 Å². The van der Waals surface area contributed by atoms with Crippen molar-refractivity contribution in [2.75, 3.05) is 0 Å². The van der Waals surface area contributed by atoms with Crippen molar-refractivity contribution in [1.29, 1.82) is 0 Å². The highest BCUT2D eigenvalue weighted by Crippen LogP contribution is 2.41. The number of ether oxygens (including phenoxy) is 1. The summed E-state index contributed by atoms with van der Waals surface area (Å²) in [5.41, 5.74) is 2.15. The maximum atomic E-state index is 12.0. The normalized spacial score (nSPS) is 25.6. The number of carbonyl (C=O) groups excluding carboxylic acids is 1. The first-order valence-electron chi connectivity index (χ1n) is 8.59. The fourth-order valence-corrected chi connectivity index (χ4v) is 4.61. The van der Waals surface area contributed by atoms with Crippen molar-refractivity contribution >= 4 is 29.0 Å². The zero-order chi connectivity index (χ0) is 17.6. The first-order valence-corrected chi connectivity index (χ1v) is 9.35. The maximum absolute atomic E-state index is 12.0. The summed E-state index contributed by atoms with van der Waals surface area (Å²) in [4.78, 5) is 12.0.